The van der Waals surface area contributed by atoms with Gasteiger partial charge in [-0.25, -0.2) is 13.6 Å². The fourth-order valence-electron chi connectivity index (χ4n) is 2.16. The summed E-state index contributed by atoms with van der Waals surface area (Å²) in [6.45, 7) is 1.89. The number of anilines is 2. The van der Waals surface area contributed by atoms with Crippen LogP contribution in [-0.4, -0.2) is 20.2 Å². The standard InChI is InChI=1S/C17H19N3O4S/c1-2-5-16(21)20-15-7-4-3-6-14(15)17(22)19-12-8-10-13(11-9-12)25(18,23)24/h3-4,6-11H,2,5H2,1H3,(H,19,22)(H,20,21)(H2,18,23,24). The van der Waals surface area contributed by atoms with E-state index in [1.165, 1.54) is 24.3 Å². The smallest absolute Gasteiger partial charge is 0.257 e. The first-order valence-electron chi connectivity index (χ1n) is 7.64. The number of para-hydroxylation sites is 1. The lowest BCUT2D eigenvalue weighted by Gasteiger charge is -2.11. The van der Waals surface area contributed by atoms with Gasteiger partial charge < -0.3 is 10.6 Å². The van der Waals surface area contributed by atoms with Gasteiger partial charge in [-0.2, -0.15) is 0 Å². The molecule has 0 radical (unpaired) electrons. The largest absolute Gasteiger partial charge is 0.325 e. The molecular formula is C17H19N3O4S. The first-order valence-corrected chi connectivity index (χ1v) is 9.19. The van der Waals surface area contributed by atoms with Gasteiger partial charge in [-0.1, -0.05) is 19.1 Å². The van der Waals surface area contributed by atoms with E-state index in [0.29, 0.717) is 29.8 Å². The average molecular weight is 361 g/mol. The Bertz CT molecular complexity index is 877. The molecule has 7 nitrogen and oxygen atoms in total. The third kappa shape index (κ3) is 5.13. The fraction of sp³-hybridized carbons (Fsp3) is 0.176. The van der Waals surface area contributed by atoms with Crippen LogP contribution in [0.1, 0.15) is 30.1 Å². The molecule has 0 aliphatic rings. The number of carbonyl (C=O) groups is 2. The van der Waals surface area contributed by atoms with Crippen molar-refractivity contribution in [1.82, 2.24) is 0 Å². The quantitative estimate of drug-likeness (QED) is 0.731. The summed E-state index contributed by atoms with van der Waals surface area (Å²) in [6.07, 6.45) is 1.07. The third-order valence-electron chi connectivity index (χ3n) is 3.36. The molecule has 0 spiro atoms. The number of nitrogens with two attached hydrogens (primary N) is 1. The van der Waals surface area contributed by atoms with Crippen molar-refractivity contribution in [3.05, 3.63) is 54.1 Å². The SMILES string of the molecule is CCCC(=O)Nc1ccccc1C(=O)Nc1ccc(S(N)(=O)=O)cc1. The summed E-state index contributed by atoms with van der Waals surface area (Å²) in [5, 5.41) is 10.4. The maximum Gasteiger partial charge on any atom is 0.257 e. The van der Waals surface area contributed by atoms with Crippen molar-refractivity contribution in [3.8, 4) is 0 Å². The van der Waals surface area contributed by atoms with Gasteiger partial charge in [-0.15, -0.1) is 0 Å². The Balaban J connectivity index is 2.17. The van der Waals surface area contributed by atoms with Crippen LogP contribution in [0, 0.1) is 0 Å². The predicted octanol–water partition coefficient (Wildman–Crippen LogP) is 2.32. The molecule has 0 saturated heterocycles. The normalized spacial score (nSPS) is 11.0. The Morgan fingerprint density at radius 2 is 1.64 bits per heavy atom. The number of benzene rings is 2. The zero-order valence-electron chi connectivity index (χ0n) is 13.7. The number of carbonyl (C=O) groups excluding carboxylic acids is 2. The molecule has 2 aromatic rings. The van der Waals surface area contributed by atoms with Crippen LogP contribution in [0.2, 0.25) is 0 Å². The highest BCUT2D eigenvalue weighted by molar-refractivity contribution is 7.89. The van der Waals surface area contributed by atoms with E-state index in [1.54, 1.807) is 24.3 Å². The van der Waals surface area contributed by atoms with Crippen LogP contribution in [0.4, 0.5) is 11.4 Å². The Morgan fingerprint density at radius 1 is 1.00 bits per heavy atom. The lowest BCUT2D eigenvalue weighted by Crippen LogP contribution is -2.18. The molecule has 2 rings (SSSR count). The topological polar surface area (TPSA) is 118 Å². The van der Waals surface area contributed by atoms with Crippen LogP contribution in [0.5, 0.6) is 0 Å². The molecule has 4 N–H and O–H groups in total. The van der Waals surface area contributed by atoms with Crippen LogP contribution in [0.15, 0.2) is 53.4 Å². The highest BCUT2D eigenvalue weighted by atomic mass is 32.2. The molecule has 0 saturated carbocycles. The van der Waals surface area contributed by atoms with E-state index >= 15 is 0 Å². The average Bonchev–Trinajstić information content (AvgIpc) is 2.55. The van der Waals surface area contributed by atoms with E-state index in [9.17, 15) is 18.0 Å². The number of sulfonamides is 1. The van der Waals surface area contributed by atoms with Crippen LogP contribution in [-0.2, 0) is 14.8 Å². The number of primary sulfonamides is 1. The Labute approximate surface area is 146 Å². The molecule has 0 atom stereocenters. The number of amides is 2. The van der Waals surface area contributed by atoms with Gasteiger partial charge in [0, 0.05) is 12.1 Å². The van der Waals surface area contributed by atoms with Crippen molar-refractivity contribution in [3.63, 3.8) is 0 Å². The summed E-state index contributed by atoms with van der Waals surface area (Å²) in [7, 11) is -3.79. The second-order valence-corrected chi connectivity index (χ2v) is 6.93. The number of hydrogen-bond acceptors (Lipinski definition) is 4. The third-order valence-corrected chi connectivity index (χ3v) is 4.29. The molecular weight excluding hydrogens is 342 g/mol. The van der Waals surface area contributed by atoms with E-state index in [1.807, 2.05) is 6.92 Å². The van der Waals surface area contributed by atoms with E-state index in [0.717, 1.165) is 0 Å². The molecule has 2 amide bonds. The molecule has 0 heterocycles. The number of hydrogen-bond donors (Lipinski definition) is 3. The first-order chi connectivity index (χ1) is 11.8. The minimum atomic E-state index is -3.79. The second-order valence-electron chi connectivity index (χ2n) is 5.37. The fourth-order valence-corrected chi connectivity index (χ4v) is 2.67. The van der Waals surface area contributed by atoms with Crippen LogP contribution in [0.25, 0.3) is 0 Å². The highest BCUT2D eigenvalue weighted by Gasteiger charge is 2.14. The van der Waals surface area contributed by atoms with Gasteiger partial charge >= 0.3 is 0 Å². The summed E-state index contributed by atoms with van der Waals surface area (Å²) in [5.74, 6) is -0.587. The maximum absolute atomic E-state index is 12.5. The molecule has 0 bridgehead atoms. The predicted molar refractivity (Wildman–Crippen MR) is 95.7 cm³/mol. The van der Waals surface area contributed by atoms with E-state index in [4.69, 9.17) is 5.14 Å². The Kier molecular flexibility index (Phi) is 5.89. The summed E-state index contributed by atoms with van der Waals surface area (Å²) in [4.78, 5) is 24.2. The lowest BCUT2D eigenvalue weighted by atomic mass is 10.1. The van der Waals surface area contributed by atoms with Crippen molar-refractivity contribution in [2.45, 2.75) is 24.7 Å². The first kappa shape index (κ1) is 18.6. The number of rotatable bonds is 6. The molecule has 0 aromatic heterocycles. The summed E-state index contributed by atoms with van der Waals surface area (Å²) >= 11 is 0. The summed E-state index contributed by atoms with van der Waals surface area (Å²) in [6, 6.07) is 12.1. The molecule has 0 aliphatic carbocycles. The van der Waals surface area contributed by atoms with Crippen molar-refractivity contribution in [1.29, 1.82) is 0 Å². The zero-order chi connectivity index (χ0) is 18.4. The van der Waals surface area contributed by atoms with Crippen LogP contribution < -0.4 is 15.8 Å². The highest BCUT2D eigenvalue weighted by Crippen LogP contribution is 2.19. The molecule has 0 aliphatic heterocycles. The number of nitrogens with one attached hydrogen (secondary N) is 2. The lowest BCUT2D eigenvalue weighted by molar-refractivity contribution is -0.116. The molecule has 25 heavy (non-hydrogen) atoms. The monoisotopic (exact) mass is 361 g/mol. The summed E-state index contributed by atoms with van der Waals surface area (Å²) < 4.78 is 22.5. The van der Waals surface area contributed by atoms with Gasteiger partial charge in [0.1, 0.15) is 0 Å². The summed E-state index contributed by atoms with van der Waals surface area (Å²) in [5.41, 5.74) is 1.13. The van der Waals surface area contributed by atoms with Gasteiger partial charge in [0.05, 0.1) is 16.1 Å². The molecule has 8 heteroatoms. The minimum Gasteiger partial charge on any atom is -0.325 e. The zero-order valence-corrected chi connectivity index (χ0v) is 14.5. The second kappa shape index (κ2) is 7.91. The molecule has 2 aromatic carbocycles. The molecule has 132 valence electrons. The Hall–Kier alpha value is -2.71. The van der Waals surface area contributed by atoms with E-state index in [2.05, 4.69) is 10.6 Å². The van der Waals surface area contributed by atoms with Crippen molar-refractivity contribution < 1.29 is 18.0 Å². The molecule has 0 fully saturated rings. The Morgan fingerprint density at radius 3 is 2.24 bits per heavy atom. The van der Waals surface area contributed by atoms with Crippen LogP contribution >= 0.6 is 0 Å². The van der Waals surface area contributed by atoms with Crippen molar-refractivity contribution in [2.24, 2.45) is 5.14 Å². The van der Waals surface area contributed by atoms with Crippen LogP contribution in [0.3, 0.4) is 0 Å². The van der Waals surface area contributed by atoms with Gasteiger partial charge in [0.25, 0.3) is 5.91 Å². The van der Waals surface area contributed by atoms with E-state index < -0.39 is 15.9 Å². The molecule has 0 unspecified atom stereocenters. The van der Waals surface area contributed by atoms with Gasteiger partial charge in [0.2, 0.25) is 15.9 Å². The van der Waals surface area contributed by atoms with Gasteiger partial charge in [-0.3, -0.25) is 9.59 Å². The van der Waals surface area contributed by atoms with Gasteiger partial charge in [0.15, 0.2) is 0 Å². The van der Waals surface area contributed by atoms with Gasteiger partial charge in [-0.05, 0) is 42.8 Å². The minimum absolute atomic E-state index is 0.0438. The van der Waals surface area contributed by atoms with Crippen molar-refractivity contribution >= 4 is 33.2 Å². The maximum atomic E-state index is 12.5. The van der Waals surface area contributed by atoms with Crippen molar-refractivity contribution in [2.75, 3.05) is 10.6 Å². The van der Waals surface area contributed by atoms with E-state index in [-0.39, 0.29) is 10.8 Å².